The third-order valence-corrected chi connectivity index (χ3v) is 4.88. The minimum absolute atomic E-state index is 0.0873. The molecule has 1 atom stereocenters. The second-order valence-electron chi connectivity index (χ2n) is 6.80. The summed E-state index contributed by atoms with van der Waals surface area (Å²) < 4.78 is 11.4. The highest BCUT2D eigenvalue weighted by molar-refractivity contribution is 5.99. The van der Waals surface area contributed by atoms with Gasteiger partial charge in [0.15, 0.2) is 11.5 Å². The molecule has 2 heterocycles. The highest BCUT2D eigenvalue weighted by atomic mass is 16.5. The van der Waals surface area contributed by atoms with Crippen molar-refractivity contribution < 1.29 is 14.3 Å². The number of nitrogens with one attached hydrogen (secondary N) is 1. The number of benzene rings is 2. The Morgan fingerprint density at radius 3 is 2.77 bits per heavy atom. The van der Waals surface area contributed by atoms with Crippen LogP contribution in [0.2, 0.25) is 0 Å². The molecule has 0 aromatic heterocycles. The Bertz CT molecular complexity index is 806. The Labute approximate surface area is 153 Å². The molecule has 0 spiro atoms. The lowest BCUT2D eigenvalue weighted by atomic mass is 10.0. The van der Waals surface area contributed by atoms with Gasteiger partial charge in [-0.25, -0.2) is 0 Å². The molecule has 0 aliphatic carbocycles. The van der Waals surface area contributed by atoms with Gasteiger partial charge in [0.25, 0.3) is 0 Å². The van der Waals surface area contributed by atoms with Crippen LogP contribution in [-0.2, 0) is 11.2 Å². The molecule has 0 saturated carbocycles. The van der Waals surface area contributed by atoms with Crippen LogP contribution >= 0.6 is 0 Å². The quantitative estimate of drug-likeness (QED) is 0.916. The van der Waals surface area contributed by atoms with Gasteiger partial charge in [-0.3, -0.25) is 4.79 Å². The van der Waals surface area contributed by atoms with E-state index in [0.717, 1.165) is 48.7 Å². The van der Waals surface area contributed by atoms with E-state index < -0.39 is 0 Å². The molecule has 26 heavy (non-hydrogen) atoms. The number of nitrogens with zero attached hydrogens (tertiary/aromatic N) is 1. The lowest BCUT2D eigenvalue weighted by Crippen LogP contribution is -2.44. The van der Waals surface area contributed by atoms with E-state index in [1.54, 1.807) is 0 Å². The van der Waals surface area contributed by atoms with Crippen LogP contribution in [0.15, 0.2) is 42.5 Å². The van der Waals surface area contributed by atoms with Crippen LogP contribution < -0.4 is 19.7 Å². The summed E-state index contributed by atoms with van der Waals surface area (Å²) in [4.78, 5) is 14.9. The molecule has 2 aliphatic heterocycles. The summed E-state index contributed by atoms with van der Waals surface area (Å²) in [6.45, 7) is 3.99. The van der Waals surface area contributed by atoms with Crippen molar-refractivity contribution in [1.82, 2.24) is 0 Å². The van der Waals surface area contributed by atoms with Crippen molar-refractivity contribution in [3.63, 3.8) is 0 Å². The van der Waals surface area contributed by atoms with Crippen molar-refractivity contribution >= 4 is 17.3 Å². The molecule has 1 N–H and O–H groups in total. The topological polar surface area (TPSA) is 50.8 Å². The molecule has 1 unspecified atom stereocenters. The van der Waals surface area contributed by atoms with E-state index in [9.17, 15) is 4.79 Å². The van der Waals surface area contributed by atoms with E-state index in [4.69, 9.17) is 9.47 Å². The minimum Gasteiger partial charge on any atom is -0.490 e. The molecule has 0 saturated heterocycles. The van der Waals surface area contributed by atoms with Gasteiger partial charge in [0.05, 0.1) is 13.2 Å². The van der Waals surface area contributed by atoms with Gasteiger partial charge in [-0.15, -0.1) is 0 Å². The smallest absolute Gasteiger partial charge is 0.249 e. The fraction of sp³-hybridized carbons (Fsp3) is 0.381. The van der Waals surface area contributed by atoms with Crippen LogP contribution in [0.1, 0.15) is 25.3 Å². The summed E-state index contributed by atoms with van der Waals surface area (Å²) in [5, 5.41) is 3.31. The van der Waals surface area contributed by atoms with E-state index in [1.807, 2.05) is 48.2 Å². The molecule has 0 bridgehead atoms. The largest absolute Gasteiger partial charge is 0.490 e. The lowest BCUT2D eigenvalue weighted by Gasteiger charge is -2.32. The zero-order chi connectivity index (χ0) is 17.9. The van der Waals surface area contributed by atoms with Crippen LogP contribution in [0.4, 0.5) is 11.4 Å². The van der Waals surface area contributed by atoms with E-state index in [1.165, 1.54) is 5.56 Å². The molecular formula is C21H24N2O3. The van der Waals surface area contributed by atoms with Crippen LogP contribution in [0.5, 0.6) is 11.5 Å². The number of hydrogen-bond donors (Lipinski definition) is 1. The maximum atomic E-state index is 13.0. The fourth-order valence-corrected chi connectivity index (χ4v) is 3.56. The molecule has 2 aromatic carbocycles. The van der Waals surface area contributed by atoms with E-state index >= 15 is 0 Å². The van der Waals surface area contributed by atoms with Crippen molar-refractivity contribution in [1.29, 1.82) is 0 Å². The Hall–Kier alpha value is -2.69. The Morgan fingerprint density at radius 1 is 1.08 bits per heavy atom. The number of aryl methyl sites for hydroxylation is 1. The van der Waals surface area contributed by atoms with Gasteiger partial charge in [0.1, 0.15) is 6.04 Å². The number of amides is 1. The average molecular weight is 352 g/mol. The summed E-state index contributed by atoms with van der Waals surface area (Å²) in [6, 6.07) is 13.6. The number of fused-ring (bicyclic) bond motifs is 2. The second kappa shape index (κ2) is 7.28. The number of anilines is 2. The number of carbonyl (C=O) groups is 1. The van der Waals surface area contributed by atoms with Gasteiger partial charge in [0.2, 0.25) is 5.91 Å². The number of rotatable bonds is 3. The lowest BCUT2D eigenvalue weighted by molar-refractivity contribution is -0.119. The van der Waals surface area contributed by atoms with E-state index in [0.29, 0.717) is 13.2 Å². The van der Waals surface area contributed by atoms with Gasteiger partial charge in [-0.2, -0.15) is 0 Å². The maximum absolute atomic E-state index is 13.0. The molecule has 5 heteroatoms. The average Bonchev–Trinajstić information content (AvgIpc) is 2.92. The molecular weight excluding hydrogens is 328 g/mol. The van der Waals surface area contributed by atoms with Crippen molar-refractivity contribution in [2.75, 3.05) is 30.0 Å². The molecule has 0 radical (unpaired) electrons. The number of carbonyl (C=O) groups excluding carboxylic acids is 1. The number of para-hydroxylation sites is 1. The van der Waals surface area contributed by atoms with Crippen molar-refractivity contribution in [2.45, 2.75) is 32.2 Å². The van der Waals surface area contributed by atoms with Gasteiger partial charge in [-0.1, -0.05) is 18.2 Å². The SMILES string of the molecule is CC(Nc1ccc2c(c1)OCCCO2)C(=O)N1CCCc2ccccc21. The zero-order valence-corrected chi connectivity index (χ0v) is 15.0. The summed E-state index contributed by atoms with van der Waals surface area (Å²) in [5.41, 5.74) is 3.14. The number of ether oxygens (including phenoxy) is 2. The standard InChI is InChI=1S/C21H24N2O3/c1-15(21(24)23-11-4-7-16-6-2-3-8-18(16)23)22-17-9-10-19-20(14-17)26-13-5-12-25-19/h2-3,6,8-10,14-15,22H,4-5,7,11-13H2,1H3. The Morgan fingerprint density at radius 2 is 1.88 bits per heavy atom. The van der Waals surface area contributed by atoms with Gasteiger partial charge in [0, 0.05) is 30.4 Å². The van der Waals surface area contributed by atoms with E-state index in [-0.39, 0.29) is 11.9 Å². The molecule has 4 rings (SSSR count). The Balaban J connectivity index is 1.49. The fourth-order valence-electron chi connectivity index (χ4n) is 3.56. The minimum atomic E-state index is -0.328. The van der Waals surface area contributed by atoms with Crippen LogP contribution in [0, 0.1) is 0 Å². The van der Waals surface area contributed by atoms with Crippen molar-refractivity contribution in [3.8, 4) is 11.5 Å². The van der Waals surface area contributed by atoms with Crippen LogP contribution in [0.25, 0.3) is 0 Å². The Kier molecular flexibility index (Phi) is 4.69. The summed E-state index contributed by atoms with van der Waals surface area (Å²) in [5.74, 6) is 1.58. The monoisotopic (exact) mass is 352 g/mol. The normalized spacial score (nSPS) is 17.0. The molecule has 2 aromatic rings. The first-order valence-corrected chi connectivity index (χ1v) is 9.28. The molecule has 136 valence electrons. The summed E-state index contributed by atoms with van der Waals surface area (Å²) >= 11 is 0. The second-order valence-corrected chi connectivity index (χ2v) is 6.80. The highest BCUT2D eigenvalue weighted by Gasteiger charge is 2.26. The number of hydrogen-bond acceptors (Lipinski definition) is 4. The highest BCUT2D eigenvalue weighted by Crippen LogP contribution is 2.33. The summed E-state index contributed by atoms with van der Waals surface area (Å²) in [7, 11) is 0. The molecule has 0 fully saturated rings. The third kappa shape index (κ3) is 3.34. The molecule has 5 nitrogen and oxygen atoms in total. The van der Waals surface area contributed by atoms with E-state index in [2.05, 4.69) is 11.4 Å². The van der Waals surface area contributed by atoms with Gasteiger partial charge < -0.3 is 19.7 Å². The zero-order valence-electron chi connectivity index (χ0n) is 15.0. The van der Waals surface area contributed by atoms with Crippen molar-refractivity contribution in [2.24, 2.45) is 0 Å². The maximum Gasteiger partial charge on any atom is 0.249 e. The van der Waals surface area contributed by atoms with Crippen LogP contribution in [0.3, 0.4) is 0 Å². The summed E-state index contributed by atoms with van der Waals surface area (Å²) in [6.07, 6.45) is 2.91. The first kappa shape index (κ1) is 16.8. The first-order chi connectivity index (χ1) is 12.7. The predicted octanol–water partition coefficient (Wildman–Crippen LogP) is 3.63. The third-order valence-electron chi connectivity index (χ3n) is 4.88. The molecule has 2 aliphatic rings. The van der Waals surface area contributed by atoms with Crippen molar-refractivity contribution in [3.05, 3.63) is 48.0 Å². The first-order valence-electron chi connectivity index (χ1n) is 9.28. The van der Waals surface area contributed by atoms with Crippen LogP contribution in [-0.4, -0.2) is 31.7 Å². The molecule has 1 amide bonds. The predicted molar refractivity (Wildman–Crippen MR) is 102 cm³/mol. The van der Waals surface area contributed by atoms with Gasteiger partial charge >= 0.3 is 0 Å². The van der Waals surface area contributed by atoms with Gasteiger partial charge in [-0.05, 0) is 43.5 Å².